The third-order valence-electron chi connectivity index (χ3n) is 2.15. The van der Waals surface area contributed by atoms with Gasteiger partial charge >= 0.3 is 0 Å². The summed E-state index contributed by atoms with van der Waals surface area (Å²) in [5.41, 5.74) is 2.78. The Morgan fingerprint density at radius 2 is 2.33 bits per heavy atom. The van der Waals surface area contributed by atoms with Crippen molar-refractivity contribution in [2.24, 2.45) is 5.16 Å². The molecule has 12 heavy (non-hydrogen) atoms. The third kappa shape index (κ3) is 1.07. The first-order chi connectivity index (χ1) is 5.92. The smallest absolute Gasteiger partial charge is 0.105 e. The van der Waals surface area contributed by atoms with Gasteiger partial charge in [-0.3, -0.25) is 4.98 Å². The monoisotopic (exact) mass is 162 g/mol. The van der Waals surface area contributed by atoms with Crippen molar-refractivity contribution >= 4 is 5.71 Å². The Kier molecular flexibility index (Phi) is 1.78. The van der Waals surface area contributed by atoms with Crippen LogP contribution >= 0.6 is 0 Å². The average Bonchev–Trinajstić information content (AvgIpc) is 2.17. The van der Waals surface area contributed by atoms with Crippen LogP contribution in [0.1, 0.15) is 24.1 Å². The van der Waals surface area contributed by atoms with Crippen LogP contribution in [-0.2, 0) is 6.42 Å². The van der Waals surface area contributed by atoms with Crippen LogP contribution in [0.3, 0.4) is 0 Å². The van der Waals surface area contributed by atoms with Gasteiger partial charge in [0.05, 0.1) is 5.69 Å². The summed E-state index contributed by atoms with van der Waals surface area (Å²) in [5, 5.41) is 11.9. The summed E-state index contributed by atoms with van der Waals surface area (Å²) < 4.78 is 0. The Labute approximate surface area is 70.7 Å². The molecule has 1 aliphatic carbocycles. The van der Waals surface area contributed by atoms with Crippen LogP contribution in [0.5, 0.6) is 0 Å². The molecule has 0 aromatic carbocycles. The van der Waals surface area contributed by atoms with Gasteiger partial charge in [-0.2, -0.15) is 0 Å². The van der Waals surface area contributed by atoms with E-state index in [4.69, 9.17) is 5.21 Å². The highest BCUT2D eigenvalue weighted by Gasteiger charge is 2.15. The van der Waals surface area contributed by atoms with Crippen molar-refractivity contribution in [2.75, 3.05) is 0 Å². The average molecular weight is 162 g/mol. The number of hydrogen-bond acceptors (Lipinski definition) is 3. The maximum atomic E-state index is 8.69. The van der Waals surface area contributed by atoms with Crippen LogP contribution in [0.25, 0.3) is 0 Å². The number of oxime groups is 1. The first-order valence-electron chi connectivity index (χ1n) is 4.07. The Morgan fingerprint density at radius 3 is 3.17 bits per heavy atom. The van der Waals surface area contributed by atoms with Crippen molar-refractivity contribution in [1.82, 2.24) is 4.98 Å². The zero-order chi connectivity index (χ0) is 8.39. The molecule has 0 radical (unpaired) electrons. The first-order valence-corrected chi connectivity index (χ1v) is 4.07. The Bertz CT molecular complexity index is 320. The zero-order valence-corrected chi connectivity index (χ0v) is 6.70. The molecule has 1 aromatic rings. The molecule has 0 bridgehead atoms. The van der Waals surface area contributed by atoms with Crippen LogP contribution in [-0.4, -0.2) is 15.9 Å². The standard InChI is InChI=1S/C9H10N2O/c12-11-8-5-1-3-7-4-2-6-10-9(7)8/h2,4,6,12H,1,3,5H2/b11-8-. The van der Waals surface area contributed by atoms with E-state index in [2.05, 4.69) is 10.1 Å². The van der Waals surface area contributed by atoms with Gasteiger partial charge in [0.2, 0.25) is 0 Å². The summed E-state index contributed by atoms with van der Waals surface area (Å²) in [6, 6.07) is 3.95. The van der Waals surface area contributed by atoms with Crippen LogP contribution in [0.4, 0.5) is 0 Å². The number of nitrogens with zero attached hydrogens (tertiary/aromatic N) is 2. The molecule has 0 saturated heterocycles. The van der Waals surface area contributed by atoms with E-state index in [0.717, 1.165) is 30.7 Å². The first kappa shape index (κ1) is 7.28. The van der Waals surface area contributed by atoms with Gasteiger partial charge < -0.3 is 5.21 Å². The molecule has 1 heterocycles. The fraction of sp³-hybridized carbons (Fsp3) is 0.333. The van der Waals surface area contributed by atoms with Crippen LogP contribution in [0, 0.1) is 0 Å². The van der Waals surface area contributed by atoms with E-state index in [1.165, 1.54) is 5.56 Å². The lowest BCUT2D eigenvalue weighted by atomic mass is 9.95. The van der Waals surface area contributed by atoms with Gasteiger partial charge in [0.15, 0.2) is 0 Å². The van der Waals surface area contributed by atoms with Crippen molar-refractivity contribution < 1.29 is 5.21 Å². The maximum absolute atomic E-state index is 8.69. The van der Waals surface area contributed by atoms with Crippen LogP contribution < -0.4 is 0 Å². The van der Waals surface area contributed by atoms with E-state index < -0.39 is 0 Å². The quantitative estimate of drug-likeness (QED) is 0.465. The SMILES string of the molecule is O/N=C1/CCCc2cccnc21. The van der Waals surface area contributed by atoms with E-state index >= 15 is 0 Å². The van der Waals surface area contributed by atoms with Gasteiger partial charge in [0.25, 0.3) is 0 Å². The fourth-order valence-corrected chi connectivity index (χ4v) is 1.56. The number of aromatic nitrogens is 1. The molecule has 3 nitrogen and oxygen atoms in total. The molecule has 0 spiro atoms. The van der Waals surface area contributed by atoms with Gasteiger partial charge in [0.1, 0.15) is 5.71 Å². The minimum absolute atomic E-state index is 0.719. The van der Waals surface area contributed by atoms with E-state index in [0.29, 0.717) is 0 Å². The lowest BCUT2D eigenvalue weighted by Crippen LogP contribution is -2.13. The fourth-order valence-electron chi connectivity index (χ4n) is 1.56. The Hall–Kier alpha value is -1.38. The minimum atomic E-state index is 0.719. The van der Waals surface area contributed by atoms with Gasteiger partial charge in [0, 0.05) is 6.20 Å². The Morgan fingerprint density at radius 1 is 1.42 bits per heavy atom. The molecule has 0 aliphatic heterocycles. The van der Waals surface area contributed by atoms with Crippen molar-refractivity contribution in [3.8, 4) is 0 Å². The van der Waals surface area contributed by atoms with E-state index in [1.54, 1.807) is 6.20 Å². The molecule has 2 rings (SSSR count). The van der Waals surface area contributed by atoms with Gasteiger partial charge in [-0.1, -0.05) is 11.2 Å². The van der Waals surface area contributed by atoms with E-state index in [-0.39, 0.29) is 0 Å². The largest absolute Gasteiger partial charge is 0.411 e. The van der Waals surface area contributed by atoms with E-state index in [9.17, 15) is 0 Å². The van der Waals surface area contributed by atoms with Gasteiger partial charge in [-0.05, 0) is 30.9 Å². The molecule has 3 heteroatoms. The molecule has 1 aliphatic rings. The van der Waals surface area contributed by atoms with Gasteiger partial charge in [-0.15, -0.1) is 0 Å². The molecular weight excluding hydrogens is 152 g/mol. The summed E-state index contributed by atoms with van der Waals surface area (Å²) in [6.45, 7) is 0. The zero-order valence-electron chi connectivity index (χ0n) is 6.70. The lowest BCUT2D eigenvalue weighted by molar-refractivity contribution is 0.317. The van der Waals surface area contributed by atoms with Crippen LogP contribution in [0.2, 0.25) is 0 Å². The molecule has 1 aromatic heterocycles. The lowest BCUT2D eigenvalue weighted by Gasteiger charge is -2.14. The van der Waals surface area contributed by atoms with Crippen molar-refractivity contribution in [3.63, 3.8) is 0 Å². The molecule has 62 valence electrons. The predicted octanol–water partition coefficient (Wildman–Crippen LogP) is 1.60. The maximum Gasteiger partial charge on any atom is 0.105 e. The molecule has 0 fully saturated rings. The topological polar surface area (TPSA) is 45.5 Å². The summed E-state index contributed by atoms with van der Waals surface area (Å²) in [5.74, 6) is 0. The molecule has 0 saturated carbocycles. The summed E-state index contributed by atoms with van der Waals surface area (Å²) >= 11 is 0. The number of rotatable bonds is 0. The van der Waals surface area contributed by atoms with Crippen molar-refractivity contribution in [3.05, 3.63) is 29.6 Å². The Balaban J connectivity index is 2.51. The summed E-state index contributed by atoms with van der Waals surface area (Å²) in [4.78, 5) is 4.18. The highest BCUT2D eigenvalue weighted by atomic mass is 16.4. The summed E-state index contributed by atoms with van der Waals surface area (Å²) in [7, 11) is 0. The molecule has 0 atom stereocenters. The number of fused-ring (bicyclic) bond motifs is 1. The predicted molar refractivity (Wildman–Crippen MR) is 45.5 cm³/mol. The molecule has 0 amide bonds. The number of pyridine rings is 1. The number of hydrogen-bond donors (Lipinski definition) is 1. The number of aryl methyl sites for hydroxylation is 1. The normalized spacial score (nSPS) is 19.2. The van der Waals surface area contributed by atoms with Gasteiger partial charge in [-0.25, -0.2) is 0 Å². The van der Waals surface area contributed by atoms with Crippen LogP contribution in [0.15, 0.2) is 23.5 Å². The second-order valence-corrected chi connectivity index (χ2v) is 2.91. The summed E-state index contributed by atoms with van der Waals surface area (Å²) in [6.07, 6.45) is 4.66. The highest BCUT2D eigenvalue weighted by Crippen LogP contribution is 2.18. The molecular formula is C9H10N2O. The third-order valence-corrected chi connectivity index (χ3v) is 2.15. The van der Waals surface area contributed by atoms with E-state index in [1.807, 2.05) is 12.1 Å². The second kappa shape index (κ2) is 2.93. The second-order valence-electron chi connectivity index (χ2n) is 2.91. The van der Waals surface area contributed by atoms with Crippen molar-refractivity contribution in [1.29, 1.82) is 0 Å². The van der Waals surface area contributed by atoms with Crippen molar-refractivity contribution in [2.45, 2.75) is 19.3 Å². The molecule has 0 unspecified atom stereocenters. The minimum Gasteiger partial charge on any atom is -0.411 e. The highest BCUT2D eigenvalue weighted by molar-refractivity contribution is 6.00. The molecule has 1 N–H and O–H groups in total.